The summed E-state index contributed by atoms with van der Waals surface area (Å²) in [4.78, 5) is 11.8. The van der Waals surface area contributed by atoms with E-state index in [0.717, 1.165) is 31.2 Å². The van der Waals surface area contributed by atoms with Crippen molar-refractivity contribution in [3.05, 3.63) is 65.8 Å². The maximum Gasteiger partial charge on any atom is 0.330 e. The zero-order valence-corrected chi connectivity index (χ0v) is 15.0. The van der Waals surface area contributed by atoms with Gasteiger partial charge in [-0.3, -0.25) is 0 Å². The van der Waals surface area contributed by atoms with E-state index in [4.69, 9.17) is 14.2 Å². The molecular weight excluding hydrogens is 328 g/mol. The second kappa shape index (κ2) is 10.1. The molecule has 4 heteroatoms. The molecule has 0 bridgehead atoms. The minimum atomic E-state index is -0.303. The first-order valence-electron chi connectivity index (χ1n) is 9.32. The number of rotatable bonds is 8. The maximum absolute atomic E-state index is 11.8. The second-order valence-electron chi connectivity index (χ2n) is 6.49. The van der Waals surface area contributed by atoms with Gasteiger partial charge >= 0.3 is 5.97 Å². The Bertz CT molecular complexity index is 651. The van der Waals surface area contributed by atoms with E-state index in [-0.39, 0.29) is 12.3 Å². The van der Waals surface area contributed by atoms with Crippen LogP contribution in [0.15, 0.2) is 54.6 Å². The van der Waals surface area contributed by atoms with Crippen molar-refractivity contribution in [1.29, 1.82) is 0 Å². The van der Waals surface area contributed by atoms with E-state index in [2.05, 4.69) is 36.4 Å². The molecule has 1 fully saturated rings. The molecule has 0 N–H and O–H groups in total. The molecule has 2 aliphatic rings. The van der Waals surface area contributed by atoms with Crippen molar-refractivity contribution in [2.24, 2.45) is 0 Å². The Labute approximate surface area is 155 Å². The summed E-state index contributed by atoms with van der Waals surface area (Å²) in [6, 6.07) is 8.30. The van der Waals surface area contributed by atoms with Gasteiger partial charge in [0.15, 0.2) is 6.29 Å². The average molecular weight is 354 g/mol. The van der Waals surface area contributed by atoms with Gasteiger partial charge in [-0.2, -0.15) is 0 Å². The van der Waals surface area contributed by atoms with Crippen molar-refractivity contribution in [1.82, 2.24) is 0 Å². The Kier molecular flexibility index (Phi) is 7.23. The summed E-state index contributed by atoms with van der Waals surface area (Å²) in [6.45, 7) is 1.79. The van der Waals surface area contributed by atoms with E-state index in [0.29, 0.717) is 25.7 Å². The highest BCUT2D eigenvalue weighted by atomic mass is 16.7. The molecule has 1 aliphatic heterocycles. The molecule has 0 radical (unpaired) electrons. The number of hydrogen-bond acceptors (Lipinski definition) is 4. The van der Waals surface area contributed by atoms with Gasteiger partial charge in [0.25, 0.3) is 0 Å². The summed E-state index contributed by atoms with van der Waals surface area (Å²) < 4.78 is 16.0. The van der Waals surface area contributed by atoms with Gasteiger partial charge in [0.2, 0.25) is 0 Å². The second-order valence-corrected chi connectivity index (χ2v) is 6.49. The molecule has 1 aliphatic carbocycles. The zero-order chi connectivity index (χ0) is 18.0. The Morgan fingerprint density at radius 2 is 1.92 bits per heavy atom. The Morgan fingerprint density at radius 3 is 2.65 bits per heavy atom. The van der Waals surface area contributed by atoms with Crippen LogP contribution < -0.4 is 0 Å². The summed E-state index contributed by atoms with van der Waals surface area (Å²) in [5.74, 6) is 0.144. The fourth-order valence-electron chi connectivity index (χ4n) is 3.05. The van der Waals surface area contributed by atoms with E-state index in [1.807, 2.05) is 12.1 Å². The van der Waals surface area contributed by atoms with Crippen LogP contribution in [0.4, 0.5) is 0 Å². The largest absolute Gasteiger partial charge is 0.463 e. The monoisotopic (exact) mass is 354 g/mol. The summed E-state index contributed by atoms with van der Waals surface area (Å²) >= 11 is 0. The lowest BCUT2D eigenvalue weighted by Gasteiger charge is -2.13. The number of ether oxygens (including phenoxy) is 3. The molecule has 1 aromatic rings. The van der Waals surface area contributed by atoms with Crippen molar-refractivity contribution >= 4 is 12.0 Å². The molecule has 0 amide bonds. The minimum Gasteiger partial charge on any atom is -0.463 e. The summed E-state index contributed by atoms with van der Waals surface area (Å²) in [6.07, 6.45) is 15.4. The Morgan fingerprint density at radius 1 is 1.12 bits per heavy atom. The molecule has 0 aromatic heterocycles. The molecule has 3 rings (SSSR count). The molecule has 4 nitrogen and oxygen atoms in total. The number of carbonyl (C=O) groups excluding carboxylic acids is 1. The van der Waals surface area contributed by atoms with Crippen LogP contribution in [0.2, 0.25) is 0 Å². The lowest BCUT2D eigenvalue weighted by molar-refractivity contribution is -0.137. The maximum atomic E-state index is 11.8. The van der Waals surface area contributed by atoms with E-state index in [9.17, 15) is 4.79 Å². The van der Waals surface area contributed by atoms with Gasteiger partial charge in [0.05, 0.1) is 19.8 Å². The van der Waals surface area contributed by atoms with Crippen LogP contribution in [0.1, 0.15) is 42.7 Å². The molecule has 0 spiro atoms. The quantitative estimate of drug-likeness (QED) is 0.395. The van der Waals surface area contributed by atoms with Gasteiger partial charge in [0.1, 0.15) is 0 Å². The van der Waals surface area contributed by atoms with Crippen molar-refractivity contribution in [3.8, 4) is 0 Å². The summed E-state index contributed by atoms with van der Waals surface area (Å²) in [7, 11) is 0. The van der Waals surface area contributed by atoms with Crippen LogP contribution in [-0.4, -0.2) is 32.1 Å². The molecule has 1 atom stereocenters. The zero-order valence-electron chi connectivity index (χ0n) is 15.0. The predicted octanol–water partition coefficient (Wildman–Crippen LogP) is 4.39. The van der Waals surface area contributed by atoms with Crippen LogP contribution in [-0.2, 0) is 19.0 Å². The van der Waals surface area contributed by atoms with Crippen LogP contribution in [0, 0.1) is 0 Å². The highest BCUT2D eigenvalue weighted by Gasteiger charge is 2.14. The van der Waals surface area contributed by atoms with E-state index >= 15 is 0 Å². The first kappa shape index (κ1) is 18.6. The standard InChI is InChI=1S/C22H26O4/c23-21(24-15-5-4-8-22-25-16-17-26-22)14-11-18-9-12-20(13-10-18)19-6-2-1-3-7-19/h1-3,6,9-14,19,22H,4-5,7-8,15-17H2/b14-11+. The normalized spacial score (nSPS) is 20.1. The van der Waals surface area contributed by atoms with E-state index in [1.54, 1.807) is 6.08 Å². The lowest BCUT2D eigenvalue weighted by atomic mass is 9.92. The predicted molar refractivity (Wildman–Crippen MR) is 102 cm³/mol. The third kappa shape index (κ3) is 5.97. The van der Waals surface area contributed by atoms with Crippen LogP contribution in [0.3, 0.4) is 0 Å². The summed E-state index contributed by atoms with van der Waals surface area (Å²) in [5.41, 5.74) is 2.29. The SMILES string of the molecule is O=C(/C=C/c1ccc(C2C=CC=CC2)cc1)OCCCCC1OCCO1. The highest BCUT2D eigenvalue weighted by molar-refractivity contribution is 5.87. The van der Waals surface area contributed by atoms with Gasteiger partial charge in [0, 0.05) is 12.0 Å². The van der Waals surface area contributed by atoms with Crippen molar-refractivity contribution in [3.63, 3.8) is 0 Å². The number of unbranched alkanes of at least 4 members (excludes halogenated alkanes) is 1. The number of carbonyl (C=O) groups is 1. The molecule has 1 unspecified atom stereocenters. The number of esters is 1. The molecule has 1 heterocycles. The molecule has 138 valence electrons. The van der Waals surface area contributed by atoms with Crippen LogP contribution in [0.25, 0.3) is 6.08 Å². The number of benzene rings is 1. The lowest BCUT2D eigenvalue weighted by Crippen LogP contribution is -2.08. The fourth-order valence-corrected chi connectivity index (χ4v) is 3.05. The molecular formula is C22H26O4. The topological polar surface area (TPSA) is 44.8 Å². The smallest absolute Gasteiger partial charge is 0.330 e. The van der Waals surface area contributed by atoms with E-state index < -0.39 is 0 Å². The first-order valence-corrected chi connectivity index (χ1v) is 9.32. The van der Waals surface area contributed by atoms with E-state index in [1.165, 1.54) is 11.6 Å². The van der Waals surface area contributed by atoms with Gasteiger partial charge < -0.3 is 14.2 Å². The number of allylic oxidation sites excluding steroid dienone is 4. The third-order valence-electron chi connectivity index (χ3n) is 4.53. The fraction of sp³-hybridized carbons (Fsp3) is 0.409. The first-order chi connectivity index (χ1) is 12.8. The van der Waals surface area contributed by atoms with Crippen LogP contribution in [0.5, 0.6) is 0 Å². The average Bonchev–Trinajstić information content (AvgIpc) is 3.21. The molecule has 1 aromatic carbocycles. The molecule has 26 heavy (non-hydrogen) atoms. The highest BCUT2D eigenvalue weighted by Crippen LogP contribution is 2.24. The Balaban J connectivity index is 1.34. The van der Waals surface area contributed by atoms with Gasteiger partial charge in [-0.25, -0.2) is 4.79 Å². The van der Waals surface area contributed by atoms with Gasteiger partial charge in [-0.1, -0.05) is 48.6 Å². The number of hydrogen-bond donors (Lipinski definition) is 0. The Hall–Kier alpha value is -2.17. The van der Waals surface area contributed by atoms with Crippen molar-refractivity contribution in [2.45, 2.75) is 37.9 Å². The van der Waals surface area contributed by atoms with Crippen molar-refractivity contribution in [2.75, 3.05) is 19.8 Å². The molecule has 0 saturated carbocycles. The third-order valence-corrected chi connectivity index (χ3v) is 4.53. The van der Waals surface area contributed by atoms with Crippen molar-refractivity contribution < 1.29 is 19.0 Å². The van der Waals surface area contributed by atoms with Crippen LogP contribution >= 0.6 is 0 Å². The van der Waals surface area contributed by atoms with Gasteiger partial charge in [-0.15, -0.1) is 0 Å². The minimum absolute atomic E-state index is 0.0753. The van der Waals surface area contributed by atoms with Gasteiger partial charge in [-0.05, 0) is 42.9 Å². The summed E-state index contributed by atoms with van der Waals surface area (Å²) in [5, 5.41) is 0. The molecule has 1 saturated heterocycles.